The lowest BCUT2D eigenvalue weighted by atomic mass is 9.95. The molecule has 0 aromatic carbocycles. The third-order valence-corrected chi connectivity index (χ3v) is 1.25. The summed E-state index contributed by atoms with van der Waals surface area (Å²) in [6.45, 7) is 4.94. The fourth-order valence-corrected chi connectivity index (χ4v) is 0.878. The minimum atomic E-state index is -1.67. The topological polar surface area (TPSA) is 60.4 Å². The van der Waals surface area contributed by atoms with Crippen LogP contribution in [-0.2, 0) is 4.79 Å². The van der Waals surface area contributed by atoms with Crippen LogP contribution in [0.1, 0.15) is 27.2 Å². The molecule has 0 aromatic rings. The molecule has 0 heterocycles. The molecule has 3 heteroatoms. The van der Waals surface area contributed by atoms with Gasteiger partial charge in [0.05, 0.1) is 5.97 Å². The van der Waals surface area contributed by atoms with E-state index in [4.69, 9.17) is 5.11 Å². The van der Waals surface area contributed by atoms with Crippen LogP contribution in [0.4, 0.5) is 0 Å². The van der Waals surface area contributed by atoms with Gasteiger partial charge in [0.2, 0.25) is 0 Å². The largest absolute Gasteiger partial charge is 0.547 e. The van der Waals surface area contributed by atoms with Gasteiger partial charge in [-0.25, -0.2) is 0 Å². The predicted molar refractivity (Wildman–Crippen MR) is 35.1 cm³/mol. The number of hydrogen-bond donors (Lipinski definition) is 1. The molecule has 0 aliphatic heterocycles. The minimum absolute atomic E-state index is 0.160. The van der Waals surface area contributed by atoms with Crippen LogP contribution in [0.2, 0.25) is 0 Å². The molecule has 1 atom stereocenters. The summed E-state index contributed by atoms with van der Waals surface area (Å²) in [4.78, 5) is 10.2. The number of carbonyl (C=O) groups is 1. The van der Waals surface area contributed by atoms with E-state index in [1.54, 1.807) is 0 Å². The Morgan fingerprint density at radius 1 is 1.70 bits per heavy atom. The number of carboxylic acids is 1. The number of carboxylic acid groups (broad SMARTS) is 1. The molecular formula is C7H13O3-. The fourth-order valence-electron chi connectivity index (χ4n) is 0.878. The molecule has 0 aliphatic rings. The zero-order valence-corrected chi connectivity index (χ0v) is 6.55. The Hall–Kier alpha value is -0.570. The number of hydrogen-bond acceptors (Lipinski definition) is 3. The second kappa shape index (κ2) is 3.01. The second-order valence-electron chi connectivity index (χ2n) is 3.16. The summed E-state index contributed by atoms with van der Waals surface area (Å²) in [6.07, 6.45) is 0.231. The van der Waals surface area contributed by atoms with Gasteiger partial charge in [0.15, 0.2) is 0 Å². The fraction of sp³-hybridized carbons (Fsp3) is 0.857. The molecule has 10 heavy (non-hydrogen) atoms. The van der Waals surface area contributed by atoms with Crippen molar-refractivity contribution in [3.63, 3.8) is 0 Å². The van der Waals surface area contributed by atoms with Crippen LogP contribution in [0, 0.1) is 5.92 Å². The Morgan fingerprint density at radius 2 is 2.10 bits per heavy atom. The molecule has 0 saturated heterocycles. The Kier molecular flexibility index (Phi) is 2.84. The Morgan fingerprint density at radius 3 is 2.20 bits per heavy atom. The smallest absolute Gasteiger partial charge is 0.101 e. The lowest BCUT2D eigenvalue weighted by molar-refractivity contribution is -0.324. The van der Waals surface area contributed by atoms with Crippen molar-refractivity contribution in [1.82, 2.24) is 0 Å². The van der Waals surface area contributed by atoms with Gasteiger partial charge < -0.3 is 15.0 Å². The van der Waals surface area contributed by atoms with E-state index >= 15 is 0 Å². The van der Waals surface area contributed by atoms with Gasteiger partial charge in [-0.3, -0.25) is 0 Å². The van der Waals surface area contributed by atoms with Crippen LogP contribution in [0.25, 0.3) is 0 Å². The van der Waals surface area contributed by atoms with E-state index in [1.807, 2.05) is 13.8 Å². The number of rotatable bonds is 3. The van der Waals surface area contributed by atoms with E-state index in [0.29, 0.717) is 0 Å². The number of carbonyl (C=O) groups excluding carboxylic acids is 1. The maximum atomic E-state index is 10.2. The van der Waals surface area contributed by atoms with Crippen molar-refractivity contribution in [3.8, 4) is 0 Å². The second-order valence-corrected chi connectivity index (χ2v) is 3.16. The van der Waals surface area contributed by atoms with Crippen LogP contribution in [-0.4, -0.2) is 16.7 Å². The zero-order valence-electron chi connectivity index (χ0n) is 6.55. The van der Waals surface area contributed by atoms with Gasteiger partial charge in [-0.1, -0.05) is 13.8 Å². The standard InChI is InChI=1S/C7H14O3/c1-5(2)4-7(3,10)6(8)9/h5,10H,4H2,1-3H3,(H,8,9)/p-1. The van der Waals surface area contributed by atoms with E-state index in [1.165, 1.54) is 6.92 Å². The Bertz CT molecular complexity index is 127. The summed E-state index contributed by atoms with van der Waals surface area (Å²) in [7, 11) is 0. The van der Waals surface area contributed by atoms with Gasteiger partial charge >= 0.3 is 0 Å². The maximum Gasteiger partial charge on any atom is 0.101 e. The predicted octanol–water partition coefficient (Wildman–Crippen LogP) is -0.467. The summed E-state index contributed by atoms with van der Waals surface area (Å²) in [6, 6.07) is 0. The highest BCUT2D eigenvalue weighted by molar-refractivity contribution is 5.74. The highest BCUT2D eigenvalue weighted by Crippen LogP contribution is 2.14. The highest BCUT2D eigenvalue weighted by Gasteiger charge is 2.22. The first kappa shape index (κ1) is 9.43. The number of aliphatic carboxylic acids is 1. The molecule has 0 rings (SSSR count). The summed E-state index contributed by atoms with van der Waals surface area (Å²) < 4.78 is 0. The maximum absolute atomic E-state index is 10.2. The molecule has 0 spiro atoms. The van der Waals surface area contributed by atoms with Gasteiger partial charge in [-0.2, -0.15) is 0 Å². The molecule has 1 unspecified atom stereocenters. The highest BCUT2D eigenvalue weighted by atomic mass is 16.4. The normalized spacial score (nSPS) is 16.9. The molecule has 60 valence electrons. The van der Waals surface area contributed by atoms with Crippen molar-refractivity contribution in [2.75, 3.05) is 0 Å². The van der Waals surface area contributed by atoms with E-state index in [9.17, 15) is 9.90 Å². The van der Waals surface area contributed by atoms with Crippen molar-refractivity contribution in [3.05, 3.63) is 0 Å². The monoisotopic (exact) mass is 145 g/mol. The third kappa shape index (κ3) is 2.82. The van der Waals surface area contributed by atoms with Gasteiger partial charge in [0, 0.05) is 0 Å². The first-order valence-electron chi connectivity index (χ1n) is 3.30. The van der Waals surface area contributed by atoms with Crippen LogP contribution >= 0.6 is 0 Å². The third-order valence-electron chi connectivity index (χ3n) is 1.25. The molecular weight excluding hydrogens is 132 g/mol. The average Bonchev–Trinajstić information content (AvgIpc) is 1.60. The van der Waals surface area contributed by atoms with E-state index in [2.05, 4.69) is 0 Å². The van der Waals surface area contributed by atoms with E-state index in [-0.39, 0.29) is 12.3 Å². The molecule has 1 N–H and O–H groups in total. The molecule has 0 fully saturated rings. The van der Waals surface area contributed by atoms with E-state index < -0.39 is 11.6 Å². The van der Waals surface area contributed by atoms with Crippen molar-refractivity contribution < 1.29 is 15.0 Å². The summed E-state index contributed by atoms with van der Waals surface area (Å²) in [5, 5.41) is 19.3. The average molecular weight is 145 g/mol. The molecule has 3 nitrogen and oxygen atoms in total. The van der Waals surface area contributed by atoms with Crippen LogP contribution in [0.3, 0.4) is 0 Å². The Balaban J connectivity index is 4.00. The lowest BCUT2D eigenvalue weighted by Crippen LogP contribution is -2.46. The van der Waals surface area contributed by atoms with E-state index in [0.717, 1.165) is 0 Å². The van der Waals surface area contributed by atoms with Gasteiger partial charge in [0.25, 0.3) is 0 Å². The summed E-state index contributed by atoms with van der Waals surface area (Å²) >= 11 is 0. The first-order valence-corrected chi connectivity index (χ1v) is 3.30. The summed E-state index contributed by atoms with van der Waals surface area (Å²) in [5.41, 5.74) is -1.67. The molecule has 0 amide bonds. The minimum Gasteiger partial charge on any atom is -0.547 e. The lowest BCUT2D eigenvalue weighted by Gasteiger charge is -2.25. The molecule has 0 radical (unpaired) electrons. The van der Waals surface area contributed by atoms with Crippen LogP contribution in [0.5, 0.6) is 0 Å². The molecule has 0 aromatic heterocycles. The molecule has 0 saturated carbocycles. The van der Waals surface area contributed by atoms with Crippen LogP contribution < -0.4 is 5.11 Å². The SMILES string of the molecule is CC(C)CC(C)(O)C(=O)[O-]. The molecule has 0 bridgehead atoms. The molecule has 0 aliphatic carbocycles. The van der Waals surface area contributed by atoms with Crippen molar-refractivity contribution >= 4 is 5.97 Å². The van der Waals surface area contributed by atoms with Gasteiger partial charge in [-0.15, -0.1) is 0 Å². The van der Waals surface area contributed by atoms with Crippen molar-refractivity contribution in [2.45, 2.75) is 32.8 Å². The van der Waals surface area contributed by atoms with Gasteiger partial charge in [0.1, 0.15) is 5.60 Å². The Labute approximate surface area is 60.7 Å². The summed E-state index contributed by atoms with van der Waals surface area (Å²) in [5.74, 6) is -1.24. The quantitative estimate of drug-likeness (QED) is 0.584. The van der Waals surface area contributed by atoms with Crippen molar-refractivity contribution in [1.29, 1.82) is 0 Å². The zero-order chi connectivity index (χ0) is 8.36. The van der Waals surface area contributed by atoms with Crippen LogP contribution in [0.15, 0.2) is 0 Å². The first-order chi connectivity index (χ1) is 4.36. The number of aliphatic hydroxyl groups is 1. The van der Waals surface area contributed by atoms with Crippen molar-refractivity contribution in [2.24, 2.45) is 5.92 Å². The van der Waals surface area contributed by atoms with Gasteiger partial charge in [-0.05, 0) is 19.3 Å².